The molecule has 0 fully saturated rings. The van der Waals surface area contributed by atoms with Gasteiger partial charge < -0.3 is 5.32 Å². The predicted molar refractivity (Wildman–Crippen MR) is 99.8 cm³/mol. The molecule has 0 atom stereocenters. The Morgan fingerprint density at radius 3 is 2.45 bits per heavy atom. The normalized spacial score (nSPS) is 11.7. The van der Waals surface area contributed by atoms with Gasteiger partial charge in [-0.3, -0.25) is 4.79 Å². The molecule has 3 rings (SSSR count). The molecular weight excluding hydrogens is 412 g/mol. The van der Waals surface area contributed by atoms with Gasteiger partial charge >= 0.3 is 6.18 Å². The second-order valence-corrected chi connectivity index (χ2v) is 6.90. The fourth-order valence-electron chi connectivity index (χ4n) is 2.73. The molecule has 1 N–H and O–H groups in total. The maximum atomic E-state index is 13.2. The van der Waals surface area contributed by atoms with E-state index in [2.05, 4.69) is 15.4 Å². The van der Waals surface area contributed by atoms with Gasteiger partial charge in [0.05, 0.1) is 33.7 Å². The predicted octanol–water partition coefficient (Wildman–Crippen LogP) is 5.45. The lowest BCUT2D eigenvalue weighted by Crippen LogP contribution is -2.16. The van der Waals surface area contributed by atoms with Crippen molar-refractivity contribution in [1.29, 1.82) is 0 Å². The minimum absolute atomic E-state index is 0.0289. The fraction of sp³-hybridized carbons (Fsp3) is 0.211. The number of anilines is 1. The maximum absolute atomic E-state index is 13.2. The second kappa shape index (κ2) is 7.82. The molecular formula is C19H15ClF4N4O. The molecule has 5 nitrogen and oxygen atoms in total. The molecule has 3 aromatic rings. The van der Waals surface area contributed by atoms with Crippen molar-refractivity contribution in [2.45, 2.75) is 25.9 Å². The lowest BCUT2D eigenvalue weighted by atomic mass is 10.1. The number of carbonyl (C=O) groups excluding carboxylic acids is 1. The number of benzene rings is 1. The van der Waals surface area contributed by atoms with Crippen molar-refractivity contribution in [3.8, 4) is 5.82 Å². The van der Waals surface area contributed by atoms with Crippen LogP contribution in [0.25, 0.3) is 5.82 Å². The highest BCUT2D eigenvalue weighted by molar-refractivity contribution is 6.33. The van der Waals surface area contributed by atoms with Crippen LogP contribution >= 0.6 is 11.6 Å². The molecule has 0 saturated carbocycles. The van der Waals surface area contributed by atoms with Crippen LogP contribution in [0.3, 0.4) is 0 Å². The first kappa shape index (κ1) is 20.8. The smallest absolute Gasteiger partial charge is 0.321 e. The number of hydrogen-bond donors (Lipinski definition) is 1. The van der Waals surface area contributed by atoms with Gasteiger partial charge in [0, 0.05) is 6.20 Å². The van der Waals surface area contributed by atoms with Gasteiger partial charge in [0.2, 0.25) is 0 Å². The topological polar surface area (TPSA) is 59.8 Å². The highest BCUT2D eigenvalue weighted by Gasteiger charge is 2.31. The molecule has 0 aliphatic heterocycles. The minimum atomic E-state index is -4.50. The molecule has 1 aromatic carbocycles. The first-order valence-electron chi connectivity index (χ1n) is 8.46. The fourth-order valence-corrected chi connectivity index (χ4v) is 2.94. The van der Waals surface area contributed by atoms with Gasteiger partial charge in [-0.05, 0) is 36.2 Å². The number of rotatable bonds is 4. The average Bonchev–Trinajstić information content (AvgIpc) is 3.09. The van der Waals surface area contributed by atoms with E-state index in [1.54, 1.807) is 13.8 Å². The molecule has 0 radical (unpaired) electrons. The number of nitrogens with zero attached hydrogens (tertiary/aromatic N) is 3. The average molecular weight is 427 g/mol. The highest BCUT2D eigenvalue weighted by Crippen LogP contribution is 2.30. The molecule has 0 saturated heterocycles. The Labute approximate surface area is 168 Å². The number of carbonyl (C=O) groups is 1. The summed E-state index contributed by atoms with van der Waals surface area (Å²) in [5, 5.41) is 6.73. The van der Waals surface area contributed by atoms with E-state index in [9.17, 15) is 22.4 Å². The standard InChI is InChI=1S/C19H15ClF4N4O/c1-10(2)17-13(18(29)27-15-5-4-12(21)7-14(15)20)9-26-28(17)16-6-3-11(8-25-16)19(22,23)24/h3-10H,1-2H3,(H,27,29). The molecule has 152 valence electrons. The van der Waals surface area contributed by atoms with E-state index < -0.39 is 23.5 Å². The molecule has 1 amide bonds. The van der Waals surface area contributed by atoms with Gasteiger partial charge in [0.15, 0.2) is 5.82 Å². The molecule has 0 spiro atoms. The lowest BCUT2D eigenvalue weighted by molar-refractivity contribution is -0.137. The lowest BCUT2D eigenvalue weighted by Gasteiger charge is -2.13. The summed E-state index contributed by atoms with van der Waals surface area (Å²) < 4.78 is 52.8. The van der Waals surface area contributed by atoms with Crippen LogP contribution < -0.4 is 5.32 Å². The third kappa shape index (κ3) is 4.40. The van der Waals surface area contributed by atoms with Gasteiger partial charge in [-0.1, -0.05) is 25.4 Å². The summed E-state index contributed by atoms with van der Waals surface area (Å²) in [5.41, 5.74) is -0.0216. The summed E-state index contributed by atoms with van der Waals surface area (Å²) in [7, 11) is 0. The molecule has 2 heterocycles. The van der Waals surface area contributed by atoms with Crippen LogP contribution in [-0.4, -0.2) is 20.7 Å². The Morgan fingerprint density at radius 2 is 1.90 bits per heavy atom. The number of aromatic nitrogens is 3. The van der Waals surface area contributed by atoms with Crippen LogP contribution in [0.2, 0.25) is 5.02 Å². The van der Waals surface area contributed by atoms with Crippen LogP contribution in [0.15, 0.2) is 42.7 Å². The largest absolute Gasteiger partial charge is 0.417 e. The zero-order valence-electron chi connectivity index (χ0n) is 15.3. The second-order valence-electron chi connectivity index (χ2n) is 6.49. The molecule has 0 bridgehead atoms. The molecule has 0 aliphatic rings. The summed E-state index contributed by atoms with van der Waals surface area (Å²) >= 11 is 5.94. The number of pyridine rings is 1. The van der Waals surface area contributed by atoms with Gasteiger partial charge in [-0.25, -0.2) is 14.1 Å². The van der Waals surface area contributed by atoms with Crippen molar-refractivity contribution >= 4 is 23.2 Å². The summed E-state index contributed by atoms with van der Waals surface area (Å²) in [6, 6.07) is 5.62. The van der Waals surface area contributed by atoms with E-state index in [1.165, 1.54) is 23.0 Å². The van der Waals surface area contributed by atoms with Crippen molar-refractivity contribution in [1.82, 2.24) is 14.8 Å². The number of halogens is 5. The first-order chi connectivity index (χ1) is 13.6. The summed E-state index contributed by atoms with van der Waals surface area (Å²) in [6.07, 6.45) is -2.50. The van der Waals surface area contributed by atoms with Gasteiger partial charge in [0.25, 0.3) is 5.91 Å². The van der Waals surface area contributed by atoms with Crippen molar-refractivity contribution < 1.29 is 22.4 Å². The van der Waals surface area contributed by atoms with Gasteiger partial charge in [-0.2, -0.15) is 18.3 Å². The van der Waals surface area contributed by atoms with E-state index in [1.807, 2.05) is 0 Å². The Hall–Kier alpha value is -2.94. The number of nitrogens with one attached hydrogen (secondary N) is 1. The van der Waals surface area contributed by atoms with E-state index in [0.717, 1.165) is 18.2 Å². The quantitative estimate of drug-likeness (QED) is 0.564. The van der Waals surface area contributed by atoms with Crippen molar-refractivity contribution in [2.24, 2.45) is 0 Å². The zero-order chi connectivity index (χ0) is 21.3. The maximum Gasteiger partial charge on any atom is 0.417 e. The van der Waals surface area contributed by atoms with Crippen LogP contribution in [0.1, 0.15) is 41.4 Å². The SMILES string of the molecule is CC(C)c1c(C(=O)Nc2ccc(F)cc2Cl)cnn1-c1ccc(C(F)(F)F)cn1. The van der Waals surface area contributed by atoms with E-state index in [0.29, 0.717) is 11.9 Å². The van der Waals surface area contributed by atoms with Gasteiger partial charge in [0.1, 0.15) is 5.82 Å². The van der Waals surface area contributed by atoms with Crippen LogP contribution in [0, 0.1) is 5.82 Å². The molecule has 10 heteroatoms. The van der Waals surface area contributed by atoms with E-state index in [-0.39, 0.29) is 28.0 Å². The van der Waals surface area contributed by atoms with Crippen LogP contribution in [0.4, 0.5) is 23.2 Å². The Kier molecular flexibility index (Phi) is 5.61. The van der Waals surface area contributed by atoms with E-state index in [4.69, 9.17) is 11.6 Å². The molecule has 0 aliphatic carbocycles. The zero-order valence-corrected chi connectivity index (χ0v) is 16.0. The molecule has 2 aromatic heterocycles. The van der Waals surface area contributed by atoms with Crippen molar-refractivity contribution in [3.05, 3.63) is 70.4 Å². The third-order valence-corrected chi connectivity index (χ3v) is 4.38. The van der Waals surface area contributed by atoms with Crippen molar-refractivity contribution in [3.63, 3.8) is 0 Å². The molecule has 29 heavy (non-hydrogen) atoms. The summed E-state index contributed by atoms with van der Waals surface area (Å²) in [5.74, 6) is -1.15. The number of hydrogen-bond acceptors (Lipinski definition) is 3. The molecule has 0 unspecified atom stereocenters. The number of alkyl halides is 3. The monoisotopic (exact) mass is 426 g/mol. The highest BCUT2D eigenvalue weighted by atomic mass is 35.5. The summed E-state index contributed by atoms with van der Waals surface area (Å²) in [4.78, 5) is 16.5. The first-order valence-corrected chi connectivity index (χ1v) is 8.83. The Bertz CT molecular complexity index is 1050. The van der Waals surface area contributed by atoms with E-state index >= 15 is 0 Å². The third-order valence-electron chi connectivity index (χ3n) is 4.07. The van der Waals surface area contributed by atoms with Crippen LogP contribution in [0.5, 0.6) is 0 Å². The Morgan fingerprint density at radius 1 is 1.17 bits per heavy atom. The van der Waals surface area contributed by atoms with Gasteiger partial charge in [-0.15, -0.1) is 0 Å². The summed E-state index contributed by atoms with van der Waals surface area (Å²) in [6.45, 7) is 3.61. The van der Waals surface area contributed by atoms with Crippen molar-refractivity contribution in [2.75, 3.05) is 5.32 Å². The number of amides is 1. The van der Waals surface area contributed by atoms with Crippen LogP contribution in [-0.2, 0) is 6.18 Å². The minimum Gasteiger partial charge on any atom is -0.321 e. The Balaban J connectivity index is 1.95.